The molecule has 0 aliphatic carbocycles. The molecule has 1 nitrogen and oxygen atoms in total. The highest BCUT2D eigenvalue weighted by Gasteiger charge is 2.00. The molecule has 58 valence electrons. The molecule has 0 aliphatic heterocycles. The minimum atomic E-state index is 1.08. The molecule has 0 saturated carbocycles. The van der Waals surface area contributed by atoms with Crippen molar-refractivity contribution in [3.8, 4) is 0 Å². The average molecular weight is 147 g/mol. The summed E-state index contributed by atoms with van der Waals surface area (Å²) in [5.74, 6) is 0. The first-order chi connectivity index (χ1) is 5.13. The standard InChI is InChI=1S/C10H13N/c1-7(2)10-6-11-5-8(3)9(10)4/h5-6H,1H2,2-4H3. The summed E-state index contributed by atoms with van der Waals surface area (Å²) in [7, 11) is 0. The van der Waals surface area contributed by atoms with Gasteiger partial charge in [0.15, 0.2) is 0 Å². The Hall–Kier alpha value is -1.11. The monoisotopic (exact) mass is 147 g/mol. The van der Waals surface area contributed by atoms with Gasteiger partial charge >= 0.3 is 0 Å². The van der Waals surface area contributed by atoms with Gasteiger partial charge in [-0.15, -0.1) is 0 Å². The molecule has 1 rings (SSSR count). The molecule has 0 fully saturated rings. The third-order valence-corrected chi connectivity index (χ3v) is 1.93. The summed E-state index contributed by atoms with van der Waals surface area (Å²) in [6.45, 7) is 10.1. The molecular formula is C10H13N. The Balaban J connectivity index is 3.27. The van der Waals surface area contributed by atoms with Gasteiger partial charge in [0, 0.05) is 12.4 Å². The van der Waals surface area contributed by atoms with Crippen LogP contribution in [0.2, 0.25) is 0 Å². The lowest BCUT2D eigenvalue weighted by Gasteiger charge is -2.05. The molecule has 0 aromatic carbocycles. The predicted molar refractivity (Wildman–Crippen MR) is 48.4 cm³/mol. The van der Waals surface area contributed by atoms with E-state index in [4.69, 9.17) is 0 Å². The van der Waals surface area contributed by atoms with Crippen LogP contribution in [0.4, 0.5) is 0 Å². The normalized spacial score (nSPS) is 9.73. The molecule has 0 amide bonds. The van der Waals surface area contributed by atoms with Gasteiger partial charge in [-0.3, -0.25) is 4.98 Å². The molecule has 0 bridgehead atoms. The first-order valence-electron chi connectivity index (χ1n) is 3.70. The lowest BCUT2D eigenvalue weighted by molar-refractivity contribution is 1.19. The minimum absolute atomic E-state index is 1.08. The van der Waals surface area contributed by atoms with Crippen LogP contribution in [0, 0.1) is 13.8 Å². The van der Waals surface area contributed by atoms with E-state index in [9.17, 15) is 0 Å². The molecule has 0 N–H and O–H groups in total. The second-order valence-electron chi connectivity index (χ2n) is 2.91. The van der Waals surface area contributed by atoms with Crippen molar-refractivity contribution in [3.05, 3.63) is 35.7 Å². The van der Waals surface area contributed by atoms with Gasteiger partial charge in [-0.1, -0.05) is 6.58 Å². The van der Waals surface area contributed by atoms with Crippen molar-refractivity contribution in [1.29, 1.82) is 0 Å². The third-order valence-electron chi connectivity index (χ3n) is 1.93. The zero-order valence-electron chi connectivity index (χ0n) is 7.31. The summed E-state index contributed by atoms with van der Waals surface area (Å²) in [4.78, 5) is 4.11. The van der Waals surface area contributed by atoms with E-state index < -0.39 is 0 Å². The van der Waals surface area contributed by atoms with Crippen molar-refractivity contribution in [2.45, 2.75) is 20.8 Å². The number of allylic oxidation sites excluding steroid dienone is 1. The Bertz CT molecular complexity index is 287. The van der Waals surface area contributed by atoms with E-state index in [2.05, 4.69) is 25.4 Å². The van der Waals surface area contributed by atoms with Crippen molar-refractivity contribution < 1.29 is 0 Å². The minimum Gasteiger partial charge on any atom is -0.264 e. The van der Waals surface area contributed by atoms with Crippen LogP contribution >= 0.6 is 0 Å². The van der Waals surface area contributed by atoms with E-state index in [0.717, 1.165) is 5.57 Å². The van der Waals surface area contributed by atoms with Gasteiger partial charge in [-0.2, -0.15) is 0 Å². The largest absolute Gasteiger partial charge is 0.264 e. The van der Waals surface area contributed by atoms with Crippen LogP contribution in [0.3, 0.4) is 0 Å². The van der Waals surface area contributed by atoms with Crippen molar-refractivity contribution in [1.82, 2.24) is 4.98 Å². The van der Waals surface area contributed by atoms with Gasteiger partial charge in [0.05, 0.1) is 0 Å². The maximum atomic E-state index is 4.11. The van der Waals surface area contributed by atoms with Crippen LogP contribution in [0.15, 0.2) is 19.0 Å². The second kappa shape index (κ2) is 2.87. The number of hydrogen-bond donors (Lipinski definition) is 0. The molecule has 11 heavy (non-hydrogen) atoms. The van der Waals surface area contributed by atoms with Gasteiger partial charge in [0.25, 0.3) is 0 Å². The fourth-order valence-corrected chi connectivity index (χ4v) is 1.06. The van der Waals surface area contributed by atoms with Crippen molar-refractivity contribution in [2.24, 2.45) is 0 Å². The quantitative estimate of drug-likeness (QED) is 0.595. The predicted octanol–water partition coefficient (Wildman–Crippen LogP) is 2.73. The number of aromatic nitrogens is 1. The molecule has 1 heteroatoms. The Labute approximate surface area is 67.8 Å². The molecule has 0 radical (unpaired) electrons. The van der Waals surface area contributed by atoms with E-state index in [1.165, 1.54) is 16.7 Å². The zero-order chi connectivity index (χ0) is 8.43. The molecule has 1 aromatic rings. The fourth-order valence-electron chi connectivity index (χ4n) is 1.06. The van der Waals surface area contributed by atoms with Crippen LogP contribution in [0.5, 0.6) is 0 Å². The molecule has 0 spiro atoms. The Morgan fingerprint density at radius 2 is 2.00 bits per heavy atom. The van der Waals surface area contributed by atoms with Crippen molar-refractivity contribution in [3.63, 3.8) is 0 Å². The SMILES string of the molecule is C=C(C)c1cncc(C)c1C. The van der Waals surface area contributed by atoms with Gasteiger partial charge < -0.3 is 0 Å². The molecule has 0 unspecified atom stereocenters. The summed E-state index contributed by atoms with van der Waals surface area (Å²) in [6.07, 6.45) is 3.74. The summed E-state index contributed by atoms with van der Waals surface area (Å²) >= 11 is 0. The van der Waals surface area contributed by atoms with E-state index >= 15 is 0 Å². The lowest BCUT2D eigenvalue weighted by Crippen LogP contribution is -1.90. The van der Waals surface area contributed by atoms with E-state index in [1.54, 1.807) is 0 Å². The number of hydrogen-bond acceptors (Lipinski definition) is 1. The maximum absolute atomic E-state index is 4.11. The summed E-state index contributed by atoms with van der Waals surface area (Å²) < 4.78 is 0. The molecule has 1 aromatic heterocycles. The molecule has 0 atom stereocenters. The number of nitrogens with zero attached hydrogens (tertiary/aromatic N) is 1. The number of pyridine rings is 1. The van der Waals surface area contributed by atoms with E-state index in [0.29, 0.717) is 0 Å². The van der Waals surface area contributed by atoms with Crippen molar-refractivity contribution >= 4 is 5.57 Å². The summed E-state index contributed by atoms with van der Waals surface area (Å²) in [5, 5.41) is 0. The van der Waals surface area contributed by atoms with Crippen LogP contribution < -0.4 is 0 Å². The van der Waals surface area contributed by atoms with Gasteiger partial charge in [-0.25, -0.2) is 0 Å². The zero-order valence-corrected chi connectivity index (χ0v) is 7.31. The first kappa shape index (κ1) is 7.99. The Kier molecular flexibility index (Phi) is 2.08. The average Bonchev–Trinajstić information content (AvgIpc) is 1.94. The van der Waals surface area contributed by atoms with Crippen LogP contribution in [-0.2, 0) is 0 Å². The summed E-state index contributed by atoms with van der Waals surface area (Å²) in [6, 6.07) is 0. The fraction of sp³-hybridized carbons (Fsp3) is 0.300. The van der Waals surface area contributed by atoms with Crippen LogP contribution in [0.1, 0.15) is 23.6 Å². The summed E-state index contributed by atoms with van der Waals surface area (Å²) in [5.41, 5.74) is 4.77. The maximum Gasteiger partial charge on any atom is 0.0345 e. The molecule has 0 aliphatic rings. The Morgan fingerprint density at radius 1 is 1.36 bits per heavy atom. The van der Waals surface area contributed by atoms with E-state index in [1.807, 2.05) is 19.3 Å². The smallest absolute Gasteiger partial charge is 0.0345 e. The van der Waals surface area contributed by atoms with E-state index in [-0.39, 0.29) is 0 Å². The van der Waals surface area contributed by atoms with Gasteiger partial charge in [0.2, 0.25) is 0 Å². The van der Waals surface area contributed by atoms with Gasteiger partial charge in [0.1, 0.15) is 0 Å². The number of aryl methyl sites for hydroxylation is 1. The third kappa shape index (κ3) is 1.48. The number of rotatable bonds is 1. The van der Waals surface area contributed by atoms with Crippen molar-refractivity contribution in [2.75, 3.05) is 0 Å². The van der Waals surface area contributed by atoms with Crippen LogP contribution in [-0.4, -0.2) is 4.98 Å². The highest BCUT2D eigenvalue weighted by atomic mass is 14.6. The van der Waals surface area contributed by atoms with Crippen LogP contribution in [0.25, 0.3) is 5.57 Å². The Morgan fingerprint density at radius 3 is 2.45 bits per heavy atom. The molecule has 1 heterocycles. The second-order valence-corrected chi connectivity index (χ2v) is 2.91. The van der Waals surface area contributed by atoms with Gasteiger partial charge in [-0.05, 0) is 43.0 Å². The highest BCUT2D eigenvalue weighted by Crippen LogP contribution is 2.17. The molecular weight excluding hydrogens is 134 g/mol. The topological polar surface area (TPSA) is 12.9 Å². The highest BCUT2D eigenvalue weighted by molar-refractivity contribution is 5.64. The molecule has 0 saturated heterocycles. The first-order valence-corrected chi connectivity index (χ1v) is 3.70. The lowest BCUT2D eigenvalue weighted by atomic mass is 10.0.